The van der Waals surface area contributed by atoms with Crippen LogP contribution in [0.1, 0.15) is 70.9 Å². The van der Waals surface area contributed by atoms with Crippen molar-refractivity contribution in [1.82, 2.24) is 39.3 Å². The van der Waals surface area contributed by atoms with Gasteiger partial charge in [-0.25, -0.2) is 15.0 Å². The number of methoxy groups -OCH3 is 1. The van der Waals surface area contributed by atoms with E-state index in [1.807, 2.05) is 36.7 Å². The van der Waals surface area contributed by atoms with Crippen LogP contribution < -0.4 is 11.1 Å². The Kier molecular flexibility index (Phi) is 8.41. The molecule has 1 aromatic carbocycles. The third kappa shape index (κ3) is 5.74. The minimum atomic E-state index is -0.350. The summed E-state index contributed by atoms with van der Waals surface area (Å²) in [6.07, 6.45) is 7.17. The van der Waals surface area contributed by atoms with Crippen LogP contribution in [0.4, 0.5) is 0 Å². The molecule has 244 valence electrons. The summed E-state index contributed by atoms with van der Waals surface area (Å²) in [5, 5.41) is 4.48. The standard InChI is InChI=1S/C34H38ClN9O3/c1-19-24-9-8-20-17-27(44(31(20)40-24)13-6-4-5-7-25-29(33(45)39-19)38-12-11-37-25)32-41-26-16-21(15-22(35)30(26)42(32)2)34(46)43-14-10-28(47-3)23(36)18-43/h8-9,11-12,15-17,19,23,28H,4-7,10,13-14,18,36H2,1-3H3,(H,39,45)/t19-,23+,28-/m1/s1. The van der Waals surface area contributed by atoms with Gasteiger partial charge in [-0.3, -0.25) is 14.6 Å². The van der Waals surface area contributed by atoms with Gasteiger partial charge in [0.15, 0.2) is 5.82 Å². The Balaban J connectivity index is 1.26. The van der Waals surface area contributed by atoms with Gasteiger partial charge in [0.05, 0.1) is 45.3 Å². The molecule has 1 saturated heterocycles. The summed E-state index contributed by atoms with van der Waals surface area (Å²) < 4.78 is 9.65. The summed E-state index contributed by atoms with van der Waals surface area (Å²) in [4.78, 5) is 47.4. The van der Waals surface area contributed by atoms with Crippen LogP contribution in [-0.2, 0) is 24.8 Å². The quantitative estimate of drug-likeness (QED) is 0.290. The molecule has 2 bridgehead atoms. The van der Waals surface area contributed by atoms with Crippen LogP contribution >= 0.6 is 11.6 Å². The molecule has 6 heterocycles. The van der Waals surface area contributed by atoms with Gasteiger partial charge >= 0.3 is 0 Å². The van der Waals surface area contributed by atoms with Gasteiger partial charge in [-0.15, -0.1) is 0 Å². The molecule has 13 heteroatoms. The highest BCUT2D eigenvalue weighted by Crippen LogP contribution is 2.34. The lowest BCUT2D eigenvalue weighted by molar-refractivity contribution is 0.0227. The molecule has 0 spiro atoms. The minimum absolute atomic E-state index is 0.0643. The number of ether oxygens (including phenoxy) is 1. The Hall–Kier alpha value is -4.39. The number of benzene rings is 1. The molecular weight excluding hydrogens is 618 g/mol. The van der Waals surface area contributed by atoms with E-state index in [1.165, 1.54) is 0 Å². The van der Waals surface area contributed by atoms with Crippen LogP contribution in [0, 0.1) is 0 Å². The summed E-state index contributed by atoms with van der Waals surface area (Å²) in [7, 11) is 3.59. The summed E-state index contributed by atoms with van der Waals surface area (Å²) in [5.74, 6) is 0.341. The number of nitrogens with zero attached hydrogens (tertiary/aromatic N) is 7. The molecule has 0 radical (unpaired) electrons. The SMILES string of the molecule is CO[C@@H]1CCN(C(=O)c2cc(Cl)c3c(c2)nc(-c2cc4ccc5nc4n2CCCCCc2nccnc2C(=O)N[C@@H]5C)n3C)C[C@@H]1N. The van der Waals surface area contributed by atoms with Gasteiger partial charge in [-0.1, -0.05) is 18.0 Å². The van der Waals surface area contributed by atoms with Crippen LogP contribution in [-0.4, -0.2) is 78.1 Å². The van der Waals surface area contributed by atoms with Crippen molar-refractivity contribution >= 4 is 45.5 Å². The molecule has 3 N–H and O–H groups in total. The Morgan fingerprint density at radius 1 is 1.09 bits per heavy atom. The fourth-order valence-electron chi connectivity index (χ4n) is 6.88. The number of pyridine rings is 1. The van der Waals surface area contributed by atoms with Crippen molar-refractivity contribution in [1.29, 1.82) is 0 Å². The van der Waals surface area contributed by atoms with Crippen molar-refractivity contribution in [2.45, 2.75) is 63.8 Å². The number of amides is 2. The van der Waals surface area contributed by atoms with Gasteiger partial charge in [0.25, 0.3) is 11.8 Å². The molecule has 0 saturated carbocycles. The molecule has 5 aromatic rings. The van der Waals surface area contributed by atoms with E-state index in [0.717, 1.165) is 59.6 Å². The van der Waals surface area contributed by atoms with Gasteiger partial charge in [-0.2, -0.15) is 0 Å². The number of hydrogen-bond acceptors (Lipinski definition) is 8. The molecule has 12 nitrogen and oxygen atoms in total. The van der Waals surface area contributed by atoms with Crippen LogP contribution in [0.3, 0.4) is 0 Å². The molecule has 0 aliphatic carbocycles. The Bertz CT molecular complexity index is 2000. The number of piperidine rings is 1. The fourth-order valence-corrected chi connectivity index (χ4v) is 7.22. The van der Waals surface area contributed by atoms with Crippen molar-refractivity contribution in [3.63, 3.8) is 0 Å². The highest BCUT2D eigenvalue weighted by Gasteiger charge is 2.30. The lowest BCUT2D eigenvalue weighted by Crippen LogP contribution is -2.53. The number of imidazole rings is 1. The Labute approximate surface area is 277 Å². The van der Waals surface area contributed by atoms with Gasteiger partial charge < -0.3 is 29.8 Å². The number of hydrogen-bond donors (Lipinski definition) is 2. The zero-order chi connectivity index (χ0) is 32.8. The first-order valence-electron chi connectivity index (χ1n) is 16.1. The number of rotatable bonds is 3. The van der Waals surface area contributed by atoms with Crippen molar-refractivity contribution in [2.75, 3.05) is 20.2 Å². The number of likely N-dealkylation sites (tertiary alicyclic amines) is 1. The summed E-state index contributed by atoms with van der Waals surface area (Å²) >= 11 is 6.86. The second kappa shape index (κ2) is 12.7. The zero-order valence-electron chi connectivity index (χ0n) is 26.7. The van der Waals surface area contributed by atoms with Gasteiger partial charge in [0.2, 0.25) is 0 Å². The molecule has 2 amide bonds. The van der Waals surface area contributed by atoms with Crippen molar-refractivity contribution in [3.8, 4) is 11.5 Å². The van der Waals surface area contributed by atoms with E-state index in [1.54, 1.807) is 30.5 Å². The average Bonchev–Trinajstić information content (AvgIpc) is 3.60. The van der Waals surface area contributed by atoms with E-state index in [2.05, 4.69) is 25.9 Å². The fraction of sp³-hybridized carbons (Fsp3) is 0.412. The van der Waals surface area contributed by atoms with E-state index in [4.69, 9.17) is 32.0 Å². The zero-order valence-corrected chi connectivity index (χ0v) is 27.5. The largest absolute Gasteiger partial charge is 0.380 e. The lowest BCUT2D eigenvalue weighted by Gasteiger charge is -2.35. The van der Waals surface area contributed by atoms with E-state index >= 15 is 0 Å². The second-order valence-electron chi connectivity index (χ2n) is 12.5. The summed E-state index contributed by atoms with van der Waals surface area (Å²) in [6, 6.07) is 9.00. The first-order valence-corrected chi connectivity index (χ1v) is 16.5. The number of carbonyl (C=O) groups is 2. The number of nitrogens with two attached hydrogens (primary N) is 1. The average molecular weight is 656 g/mol. The van der Waals surface area contributed by atoms with Crippen molar-refractivity contribution in [2.24, 2.45) is 12.8 Å². The Morgan fingerprint density at radius 2 is 1.91 bits per heavy atom. The normalized spacial score (nSPS) is 20.7. The first kappa shape index (κ1) is 31.2. The lowest BCUT2D eigenvalue weighted by atomic mass is 10.0. The molecule has 2 aliphatic heterocycles. The van der Waals surface area contributed by atoms with Crippen LogP contribution in [0.2, 0.25) is 5.02 Å². The predicted molar refractivity (Wildman–Crippen MR) is 179 cm³/mol. The third-order valence-corrected chi connectivity index (χ3v) is 9.71. The number of nitrogens with one attached hydrogen (secondary N) is 1. The van der Waals surface area contributed by atoms with Gasteiger partial charge in [0.1, 0.15) is 11.3 Å². The van der Waals surface area contributed by atoms with Crippen molar-refractivity contribution in [3.05, 3.63) is 70.4 Å². The smallest absolute Gasteiger partial charge is 0.272 e. The molecule has 0 unspecified atom stereocenters. The second-order valence-corrected chi connectivity index (χ2v) is 12.9. The minimum Gasteiger partial charge on any atom is -0.380 e. The van der Waals surface area contributed by atoms with Gasteiger partial charge in [0, 0.05) is 63.2 Å². The first-order chi connectivity index (χ1) is 22.7. The molecule has 47 heavy (non-hydrogen) atoms. The van der Waals surface area contributed by atoms with E-state index in [0.29, 0.717) is 53.4 Å². The third-order valence-electron chi connectivity index (χ3n) is 9.42. The maximum Gasteiger partial charge on any atom is 0.272 e. The van der Waals surface area contributed by atoms with E-state index < -0.39 is 0 Å². The number of aryl methyl sites for hydroxylation is 3. The molecule has 3 atom stereocenters. The molecule has 1 fully saturated rings. The van der Waals surface area contributed by atoms with Crippen LogP contribution in [0.5, 0.6) is 0 Å². The maximum atomic E-state index is 13.6. The Morgan fingerprint density at radius 3 is 2.72 bits per heavy atom. The van der Waals surface area contributed by atoms with Crippen molar-refractivity contribution < 1.29 is 14.3 Å². The molecule has 2 aliphatic rings. The predicted octanol–water partition coefficient (Wildman–Crippen LogP) is 4.44. The number of halogens is 1. The highest BCUT2D eigenvalue weighted by molar-refractivity contribution is 6.35. The van der Waals surface area contributed by atoms with Gasteiger partial charge in [-0.05, 0) is 62.9 Å². The van der Waals surface area contributed by atoms with Crippen LogP contribution in [0.25, 0.3) is 33.6 Å². The monoisotopic (exact) mass is 655 g/mol. The van der Waals surface area contributed by atoms with E-state index in [-0.39, 0.29) is 30.0 Å². The maximum absolute atomic E-state index is 13.6. The topological polar surface area (TPSA) is 146 Å². The van der Waals surface area contributed by atoms with Crippen LogP contribution in [0.15, 0.2) is 42.7 Å². The highest BCUT2D eigenvalue weighted by atomic mass is 35.5. The number of aromatic nitrogens is 6. The molecule has 4 aromatic heterocycles. The summed E-state index contributed by atoms with van der Waals surface area (Å²) in [5.41, 5.74) is 11.7. The summed E-state index contributed by atoms with van der Waals surface area (Å²) in [6.45, 7) is 3.62. The number of fused-ring (bicyclic) bond motifs is 3. The van der Waals surface area contributed by atoms with E-state index in [9.17, 15) is 9.59 Å². The molecule has 7 rings (SSSR count). The number of carbonyl (C=O) groups excluding carboxylic acids is 2. The molecular formula is C34H38ClN9O3.